The van der Waals surface area contributed by atoms with Crippen molar-refractivity contribution < 1.29 is 14.3 Å². The summed E-state index contributed by atoms with van der Waals surface area (Å²) in [6.07, 6.45) is 1.73. The van der Waals surface area contributed by atoms with E-state index in [1.165, 1.54) is 15.9 Å². The van der Waals surface area contributed by atoms with Crippen molar-refractivity contribution >= 4 is 63.9 Å². The molecule has 2 heterocycles. The number of carbonyl (C=O) groups excluding carboxylic acids is 1. The highest BCUT2D eigenvalue weighted by Gasteiger charge is 2.35. The standard InChI is InChI=1S/C35H25Cl3N2O4S/c1-2-43-34(42)30-31(22-8-4-3-5-9-22)39-35-40(32(30)23-11-13-25(36)14-12-23)33(41)29(45-35)19-24-18-27(38)15-16-28(24)44-20-21-7-6-10-26(37)17-21/h3-19,32H,2,20H2,1H3/b29-19-/t32-/m0/s1. The fourth-order valence-corrected chi connectivity index (χ4v) is 6.60. The van der Waals surface area contributed by atoms with E-state index in [9.17, 15) is 9.59 Å². The first kappa shape index (κ1) is 30.9. The Morgan fingerprint density at radius 2 is 1.64 bits per heavy atom. The highest BCUT2D eigenvalue weighted by molar-refractivity contribution is 7.07. The van der Waals surface area contributed by atoms with Crippen molar-refractivity contribution in [3.05, 3.63) is 160 Å². The fraction of sp³-hybridized carbons (Fsp3) is 0.114. The minimum absolute atomic E-state index is 0.162. The Kier molecular flexibility index (Phi) is 9.24. The number of nitrogens with zero attached hydrogens (tertiary/aromatic N) is 2. The smallest absolute Gasteiger partial charge is 0.338 e. The van der Waals surface area contributed by atoms with Gasteiger partial charge in [-0.2, -0.15) is 0 Å². The maximum atomic E-state index is 14.2. The van der Waals surface area contributed by atoms with E-state index in [1.54, 1.807) is 61.5 Å². The van der Waals surface area contributed by atoms with E-state index in [0.29, 0.717) is 47.0 Å². The molecule has 0 spiro atoms. The zero-order chi connectivity index (χ0) is 31.5. The molecule has 0 fully saturated rings. The van der Waals surface area contributed by atoms with Crippen LogP contribution in [0.1, 0.15) is 35.2 Å². The maximum Gasteiger partial charge on any atom is 0.338 e. The molecule has 0 bridgehead atoms. The molecule has 226 valence electrons. The predicted octanol–water partition coefficient (Wildman–Crippen LogP) is 7.47. The van der Waals surface area contributed by atoms with Crippen molar-refractivity contribution in [2.75, 3.05) is 6.61 Å². The summed E-state index contributed by atoms with van der Waals surface area (Å²) in [5.74, 6) is -0.0162. The Morgan fingerprint density at radius 1 is 0.911 bits per heavy atom. The zero-order valence-corrected chi connectivity index (χ0v) is 27.0. The van der Waals surface area contributed by atoms with E-state index in [4.69, 9.17) is 49.3 Å². The average Bonchev–Trinajstić information content (AvgIpc) is 3.35. The third-order valence-corrected chi connectivity index (χ3v) is 8.81. The molecule has 1 aromatic heterocycles. The van der Waals surface area contributed by atoms with Crippen molar-refractivity contribution in [2.45, 2.75) is 19.6 Å². The SMILES string of the molecule is CCOC(=O)C1=C(c2ccccc2)N=c2s/c(=C\c3cc(Cl)ccc3OCc3cccc(Cl)c3)c(=O)n2[C@H]1c1ccc(Cl)cc1. The molecule has 6 nitrogen and oxygen atoms in total. The van der Waals surface area contributed by atoms with Gasteiger partial charge in [-0.3, -0.25) is 9.36 Å². The number of hydrogen-bond acceptors (Lipinski definition) is 6. The molecule has 0 N–H and O–H groups in total. The van der Waals surface area contributed by atoms with Gasteiger partial charge in [0.1, 0.15) is 12.4 Å². The highest BCUT2D eigenvalue weighted by atomic mass is 35.5. The van der Waals surface area contributed by atoms with Crippen LogP contribution in [0.15, 0.2) is 112 Å². The van der Waals surface area contributed by atoms with Gasteiger partial charge in [-0.25, -0.2) is 9.79 Å². The molecule has 0 saturated heterocycles. The van der Waals surface area contributed by atoms with Gasteiger partial charge in [0.25, 0.3) is 5.56 Å². The molecule has 0 amide bonds. The van der Waals surface area contributed by atoms with E-state index in [2.05, 4.69) is 0 Å². The van der Waals surface area contributed by atoms with Gasteiger partial charge in [0.2, 0.25) is 0 Å². The lowest BCUT2D eigenvalue weighted by Gasteiger charge is -2.25. The number of fused-ring (bicyclic) bond motifs is 1. The summed E-state index contributed by atoms with van der Waals surface area (Å²) in [5, 5.41) is 1.63. The van der Waals surface area contributed by atoms with Crippen LogP contribution in [0.2, 0.25) is 15.1 Å². The van der Waals surface area contributed by atoms with Gasteiger partial charge in [-0.05, 0) is 66.6 Å². The molecule has 0 aliphatic carbocycles. The van der Waals surface area contributed by atoms with Crippen LogP contribution in [0.4, 0.5) is 0 Å². The van der Waals surface area contributed by atoms with Crippen molar-refractivity contribution in [2.24, 2.45) is 4.99 Å². The number of halogens is 3. The monoisotopic (exact) mass is 674 g/mol. The zero-order valence-electron chi connectivity index (χ0n) is 23.9. The van der Waals surface area contributed by atoms with Crippen LogP contribution < -0.4 is 19.6 Å². The number of carbonyl (C=O) groups is 1. The summed E-state index contributed by atoms with van der Waals surface area (Å²) < 4.78 is 13.6. The Bertz CT molecular complexity index is 2110. The van der Waals surface area contributed by atoms with Gasteiger partial charge in [-0.15, -0.1) is 0 Å². The number of ether oxygens (including phenoxy) is 2. The lowest BCUT2D eigenvalue weighted by Crippen LogP contribution is -2.40. The molecule has 6 rings (SSSR count). The largest absolute Gasteiger partial charge is 0.488 e. The molecular weight excluding hydrogens is 651 g/mol. The molecule has 0 unspecified atom stereocenters. The molecular formula is C35H25Cl3N2O4S. The summed E-state index contributed by atoms with van der Waals surface area (Å²) in [7, 11) is 0. The van der Waals surface area contributed by atoms with Gasteiger partial charge in [0.15, 0.2) is 4.80 Å². The molecule has 45 heavy (non-hydrogen) atoms. The predicted molar refractivity (Wildman–Crippen MR) is 180 cm³/mol. The van der Waals surface area contributed by atoms with Crippen molar-refractivity contribution in [3.8, 4) is 5.75 Å². The summed E-state index contributed by atoms with van der Waals surface area (Å²) in [4.78, 5) is 33.2. The summed E-state index contributed by atoms with van der Waals surface area (Å²) in [6, 6.07) is 28.3. The summed E-state index contributed by atoms with van der Waals surface area (Å²) in [5.41, 5.74) is 3.30. The molecule has 1 aliphatic rings. The minimum atomic E-state index is -0.812. The van der Waals surface area contributed by atoms with Crippen LogP contribution in [0.3, 0.4) is 0 Å². The number of rotatable bonds is 8. The Hall–Kier alpha value is -4.14. The van der Waals surface area contributed by atoms with Crippen LogP contribution in [0.5, 0.6) is 5.75 Å². The van der Waals surface area contributed by atoms with E-state index in [1.807, 2.05) is 48.5 Å². The third-order valence-electron chi connectivity index (χ3n) is 7.10. The van der Waals surface area contributed by atoms with Crippen molar-refractivity contribution in [1.29, 1.82) is 0 Å². The summed E-state index contributed by atoms with van der Waals surface area (Å²) >= 11 is 20.0. The Labute approximate surface area is 278 Å². The second kappa shape index (κ2) is 13.5. The minimum Gasteiger partial charge on any atom is -0.488 e. The number of aromatic nitrogens is 1. The molecule has 4 aromatic carbocycles. The van der Waals surface area contributed by atoms with E-state index in [0.717, 1.165) is 11.1 Å². The van der Waals surface area contributed by atoms with Gasteiger partial charge in [-0.1, -0.05) is 101 Å². The summed E-state index contributed by atoms with van der Waals surface area (Å²) in [6.45, 7) is 2.17. The normalized spacial score (nSPS) is 14.6. The van der Waals surface area contributed by atoms with Gasteiger partial charge in [0, 0.05) is 26.2 Å². The van der Waals surface area contributed by atoms with Gasteiger partial charge < -0.3 is 9.47 Å². The van der Waals surface area contributed by atoms with Crippen LogP contribution in [0.25, 0.3) is 11.8 Å². The van der Waals surface area contributed by atoms with Crippen LogP contribution in [0, 0.1) is 0 Å². The Morgan fingerprint density at radius 3 is 2.38 bits per heavy atom. The first-order valence-electron chi connectivity index (χ1n) is 14.0. The average molecular weight is 676 g/mol. The number of thiazole rings is 1. The molecule has 5 aromatic rings. The number of esters is 1. The van der Waals surface area contributed by atoms with Crippen molar-refractivity contribution in [1.82, 2.24) is 4.57 Å². The molecule has 0 radical (unpaired) electrons. The van der Waals surface area contributed by atoms with Crippen LogP contribution >= 0.6 is 46.1 Å². The first-order valence-corrected chi connectivity index (χ1v) is 16.0. The molecule has 10 heteroatoms. The molecule has 1 atom stereocenters. The quantitative estimate of drug-likeness (QED) is 0.160. The highest BCUT2D eigenvalue weighted by Crippen LogP contribution is 2.35. The van der Waals surface area contributed by atoms with Gasteiger partial charge >= 0.3 is 5.97 Å². The van der Waals surface area contributed by atoms with Crippen LogP contribution in [-0.2, 0) is 16.1 Å². The second-order valence-corrected chi connectivity index (χ2v) is 12.4. The third kappa shape index (κ3) is 6.63. The van der Waals surface area contributed by atoms with Crippen molar-refractivity contribution in [3.63, 3.8) is 0 Å². The molecule has 1 aliphatic heterocycles. The maximum absolute atomic E-state index is 14.2. The lowest BCUT2D eigenvalue weighted by molar-refractivity contribution is -0.138. The topological polar surface area (TPSA) is 69.9 Å². The van der Waals surface area contributed by atoms with E-state index in [-0.39, 0.29) is 24.3 Å². The fourth-order valence-electron chi connectivity index (χ4n) is 5.09. The molecule has 0 saturated carbocycles. The van der Waals surface area contributed by atoms with Crippen LogP contribution in [-0.4, -0.2) is 17.1 Å². The van der Waals surface area contributed by atoms with E-state index >= 15 is 0 Å². The number of hydrogen-bond donors (Lipinski definition) is 0. The lowest BCUT2D eigenvalue weighted by atomic mass is 9.93. The number of benzene rings is 4. The second-order valence-electron chi connectivity index (χ2n) is 10.1. The van der Waals surface area contributed by atoms with Gasteiger partial charge in [0.05, 0.1) is 28.5 Å². The van der Waals surface area contributed by atoms with E-state index < -0.39 is 12.0 Å². The Balaban J connectivity index is 1.54. The first-order chi connectivity index (χ1) is 21.8.